The van der Waals surface area contributed by atoms with Gasteiger partial charge in [-0.15, -0.1) is 0 Å². The van der Waals surface area contributed by atoms with Gasteiger partial charge in [-0.25, -0.2) is 13.1 Å². The summed E-state index contributed by atoms with van der Waals surface area (Å²) in [5.74, 6) is 1.14. The van der Waals surface area contributed by atoms with Crippen molar-refractivity contribution in [3.8, 4) is 0 Å². The van der Waals surface area contributed by atoms with Crippen molar-refractivity contribution in [2.24, 2.45) is 0 Å². The fraction of sp³-hybridized carbons (Fsp3) is 1.00. The lowest BCUT2D eigenvalue weighted by atomic mass is 10.1. The summed E-state index contributed by atoms with van der Waals surface area (Å²) in [7, 11) is -3.21. The number of sulfonamides is 1. The molecule has 1 fully saturated rings. The molecule has 0 saturated carbocycles. The molecule has 108 valence electrons. The second kappa shape index (κ2) is 6.59. The summed E-state index contributed by atoms with van der Waals surface area (Å²) in [6.45, 7) is 8.97. The fourth-order valence-corrected chi connectivity index (χ4v) is 4.34. The van der Waals surface area contributed by atoms with Gasteiger partial charge in [-0.1, -0.05) is 13.8 Å². The second-order valence-corrected chi connectivity index (χ2v) is 9.51. The molecule has 0 aromatic carbocycles. The van der Waals surface area contributed by atoms with Gasteiger partial charge in [0.05, 0.1) is 5.25 Å². The standard InChI is InChI=1S/C12H26N2O2S2/c1-10(2)13-8-11(3)18(15,16)14-9-12(4)6-5-7-17-12/h10-11,13-14H,5-9H2,1-4H3. The molecule has 0 aromatic rings. The lowest BCUT2D eigenvalue weighted by Gasteiger charge is -2.24. The summed E-state index contributed by atoms with van der Waals surface area (Å²) in [4.78, 5) is 0. The van der Waals surface area contributed by atoms with Crippen molar-refractivity contribution in [3.05, 3.63) is 0 Å². The molecule has 0 amide bonds. The topological polar surface area (TPSA) is 58.2 Å². The van der Waals surface area contributed by atoms with Gasteiger partial charge in [-0.05, 0) is 32.4 Å². The van der Waals surface area contributed by atoms with Crippen LogP contribution in [0.15, 0.2) is 0 Å². The van der Waals surface area contributed by atoms with Crippen molar-refractivity contribution in [2.75, 3.05) is 18.8 Å². The summed E-state index contributed by atoms with van der Waals surface area (Å²) in [6.07, 6.45) is 2.28. The first-order valence-electron chi connectivity index (χ1n) is 6.61. The maximum Gasteiger partial charge on any atom is 0.215 e. The molecule has 18 heavy (non-hydrogen) atoms. The first-order valence-corrected chi connectivity index (χ1v) is 9.14. The van der Waals surface area contributed by atoms with Gasteiger partial charge in [0.1, 0.15) is 0 Å². The van der Waals surface area contributed by atoms with Crippen molar-refractivity contribution in [3.63, 3.8) is 0 Å². The van der Waals surface area contributed by atoms with Crippen LogP contribution in [0.5, 0.6) is 0 Å². The third-order valence-corrected chi connectivity index (χ3v) is 6.60. The van der Waals surface area contributed by atoms with Crippen molar-refractivity contribution in [2.45, 2.75) is 56.6 Å². The average molecular weight is 294 g/mol. The lowest BCUT2D eigenvalue weighted by Crippen LogP contribution is -2.44. The molecule has 1 saturated heterocycles. The molecule has 0 radical (unpaired) electrons. The molecule has 1 rings (SSSR count). The Balaban J connectivity index is 2.43. The minimum atomic E-state index is -3.21. The third-order valence-electron chi connectivity index (χ3n) is 3.29. The minimum absolute atomic E-state index is 0.0816. The number of hydrogen-bond acceptors (Lipinski definition) is 4. The molecule has 6 heteroatoms. The van der Waals surface area contributed by atoms with E-state index in [1.165, 1.54) is 6.42 Å². The summed E-state index contributed by atoms with van der Waals surface area (Å²) in [5, 5.41) is 2.77. The average Bonchev–Trinajstić information content (AvgIpc) is 2.71. The van der Waals surface area contributed by atoms with Crippen LogP contribution in [0.3, 0.4) is 0 Å². The van der Waals surface area contributed by atoms with Crippen molar-refractivity contribution in [1.29, 1.82) is 0 Å². The zero-order chi connectivity index (χ0) is 13.8. The van der Waals surface area contributed by atoms with Crippen LogP contribution in [0, 0.1) is 0 Å². The smallest absolute Gasteiger partial charge is 0.215 e. The van der Waals surface area contributed by atoms with Crippen LogP contribution >= 0.6 is 11.8 Å². The van der Waals surface area contributed by atoms with Crippen LogP contribution in [0.4, 0.5) is 0 Å². The van der Waals surface area contributed by atoms with Crippen LogP contribution < -0.4 is 10.0 Å². The van der Waals surface area contributed by atoms with Gasteiger partial charge < -0.3 is 5.32 Å². The molecule has 0 bridgehead atoms. The second-order valence-electron chi connectivity index (χ2n) is 5.64. The largest absolute Gasteiger partial charge is 0.313 e. The molecule has 0 aromatic heterocycles. The highest BCUT2D eigenvalue weighted by Gasteiger charge is 2.31. The molecular weight excluding hydrogens is 268 g/mol. The van der Waals surface area contributed by atoms with Crippen molar-refractivity contribution in [1.82, 2.24) is 10.0 Å². The third kappa shape index (κ3) is 5.07. The van der Waals surface area contributed by atoms with Crippen molar-refractivity contribution >= 4 is 21.8 Å². The molecule has 2 N–H and O–H groups in total. The van der Waals surface area contributed by atoms with Gasteiger partial charge in [0, 0.05) is 23.9 Å². The van der Waals surface area contributed by atoms with Gasteiger partial charge in [0.25, 0.3) is 0 Å². The zero-order valence-corrected chi connectivity index (χ0v) is 13.5. The normalized spacial score (nSPS) is 26.7. The summed E-state index contributed by atoms with van der Waals surface area (Å²) < 4.78 is 27.0. The maximum atomic E-state index is 12.1. The Morgan fingerprint density at radius 2 is 2.00 bits per heavy atom. The van der Waals surface area contributed by atoms with Crippen LogP contribution in [-0.2, 0) is 10.0 Å². The van der Waals surface area contributed by atoms with Crippen LogP contribution in [0.1, 0.15) is 40.5 Å². The summed E-state index contributed by atoms with van der Waals surface area (Å²) in [6, 6.07) is 0.311. The van der Waals surface area contributed by atoms with E-state index in [9.17, 15) is 8.42 Å². The molecule has 0 aliphatic carbocycles. The highest BCUT2D eigenvalue weighted by atomic mass is 32.2. The Morgan fingerprint density at radius 1 is 1.33 bits per heavy atom. The van der Waals surface area contributed by atoms with Gasteiger partial charge in [-0.2, -0.15) is 11.8 Å². The monoisotopic (exact) mass is 294 g/mol. The molecule has 0 spiro atoms. The minimum Gasteiger partial charge on any atom is -0.313 e. The fourth-order valence-electron chi connectivity index (χ4n) is 1.88. The Labute approximate surface area is 116 Å². The summed E-state index contributed by atoms with van der Waals surface area (Å²) in [5.41, 5.74) is 0. The van der Waals surface area contributed by atoms with E-state index >= 15 is 0 Å². The molecule has 2 atom stereocenters. The molecule has 2 unspecified atom stereocenters. The van der Waals surface area contributed by atoms with Gasteiger partial charge >= 0.3 is 0 Å². The Bertz CT molecular complexity index is 349. The number of hydrogen-bond donors (Lipinski definition) is 2. The molecule has 4 nitrogen and oxygen atoms in total. The Kier molecular flexibility index (Phi) is 5.96. The van der Waals surface area contributed by atoms with E-state index in [4.69, 9.17) is 0 Å². The highest BCUT2D eigenvalue weighted by Crippen LogP contribution is 2.37. The Hall–Kier alpha value is 0.220. The molecule has 1 aliphatic heterocycles. The summed E-state index contributed by atoms with van der Waals surface area (Å²) >= 11 is 1.87. The van der Waals surface area contributed by atoms with Gasteiger partial charge in [0.2, 0.25) is 10.0 Å². The SMILES string of the molecule is CC(C)NCC(C)S(=O)(=O)NCC1(C)CCCS1. The maximum absolute atomic E-state index is 12.1. The Morgan fingerprint density at radius 3 is 2.50 bits per heavy atom. The molecule has 1 heterocycles. The highest BCUT2D eigenvalue weighted by molar-refractivity contribution is 8.01. The van der Waals surface area contributed by atoms with Gasteiger partial charge in [0.15, 0.2) is 0 Å². The van der Waals surface area contributed by atoms with E-state index < -0.39 is 15.3 Å². The lowest BCUT2D eigenvalue weighted by molar-refractivity contribution is 0.527. The van der Waals surface area contributed by atoms with E-state index in [1.54, 1.807) is 6.92 Å². The van der Waals surface area contributed by atoms with E-state index in [1.807, 2.05) is 25.6 Å². The quantitative estimate of drug-likeness (QED) is 0.748. The predicted molar refractivity (Wildman–Crippen MR) is 79.6 cm³/mol. The van der Waals surface area contributed by atoms with Crippen LogP contribution in [-0.4, -0.2) is 43.3 Å². The van der Waals surface area contributed by atoms with E-state index in [-0.39, 0.29) is 4.75 Å². The molecular formula is C12H26N2O2S2. The van der Waals surface area contributed by atoms with E-state index in [0.717, 1.165) is 12.2 Å². The number of rotatable bonds is 7. The number of nitrogens with one attached hydrogen (secondary N) is 2. The van der Waals surface area contributed by atoms with Crippen molar-refractivity contribution < 1.29 is 8.42 Å². The predicted octanol–water partition coefficient (Wildman–Crippen LogP) is 1.58. The molecule has 1 aliphatic rings. The first kappa shape index (κ1) is 16.3. The number of thioether (sulfide) groups is 1. The van der Waals surface area contributed by atoms with Crippen LogP contribution in [0.25, 0.3) is 0 Å². The van der Waals surface area contributed by atoms with Crippen LogP contribution in [0.2, 0.25) is 0 Å². The van der Waals surface area contributed by atoms with E-state index in [2.05, 4.69) is 17.0 Å². The van der Waals surface area contributed by atoms with Gasteiger partial charge in [-0.3, -0.25) is 0 Å². The van der Waals surface area contributed by atoms with E-state index in [0.29, 0.717) is 19.1 Å². The zero-order valence-electron chi connectivity index (χ0n) is 11.8. The first-order chi connectivity index (χ1) is 8.25.